The number of carbonyl (C=O) groups excluding carboxylic acids is 2. The first-order valence-corrected chi connectivity index (χ1v) is 13.9. The molecule has 0 aliphatic heterocycles. The standard InChI is InChI=1S/C29H35N3O4S/c1-5-23(3)30-29(34)24(4)31(20-25-12-8-6-9-13-25)28(33)21-32(26-14-10-7-11-15-26)37(35,36)27-18-16-22(2)17-19-27/h6-19,23-24H,5,20-21H2,1-4H3,(H,30,34)/t23-,24-/m1/s1. The highest BCUT2D eigenvalue weighted by Gasteiger charge is 2.32. The number of para-hydroxylation sites is 1. The molecule has 0 fully saturated rings. The maximum absolute atomic E-state index is 13.8. The Hall–Kier alpha value is -3.65. The van der Waals surface area contributed by atoms with Gasteiger partial charge in [0.2, 0.25) is 11.8 Å². The largest absolute Gasteiger partial charge is 0.352 e. The van der Waals surface area contributed by atoms with E-state index in [1.807, 2.05) is 51.1 Å². The molecule has 196 valence electrons. The van der Waals surface area contributed by atoms with Crippen molar-refractivity contribution in [1.29, 1.82) is 0 Å². The number of nitrogens with one attached hydrogen (secondary N) is 1. The van der Waals surface area contributed by atoms with Crippen LogP contribution >= 0.6 is 0 Å². The van der Waals surface area contributed by atoms with Crippen molar-refractivity contribution < 1.29 is 18.0 Å². The molecule has 37 heavy (non-hydrogen) atoms. The lowest BCUT2D eigenvalue weighted by molar-refractivity contribution is -0.139. The van der Waals surface area contributed by atoms with Crippen LogP contribution in [0, 0.1) is 6.92 Å². The maximum Gasteiger partial charge on any atom is 0.264 e. The van der Waals surface area contributed by atoms with Crippen molar-refractivity contribution >= 4 is 27.5 Å². The topological polar surface area (TPSA) is 86.8 Å². The van der Waals surface area contributed by atoms with Crippen molar-refractivity contribution in [2.24, 2.45) is 0 Å². The van der Waals surface area contributed by atoms with E-state index in [1.54, 1.807) is 49.4 Å². The number of aryl methyl sites for hydroxylation is 1. The molecular weight excluding hydrogens is 486 g/mol. The number of hydrogen-bond donors (Lipinski definition) is 1. The van der Waals surface area contributed by atoms with Gasteiger partial charge >= 0.3 is 0 Å². The fourth-order valence-electron chi connectivity index (χ4n) is 3.79. The van der Waals surface area contributed by atoms with Gasteiger partial charge in [-0.2, -0.15) is 0 Å². The fourth-order valence-corrected chi connectivity index (χ4v) is 5.20. The number of nitrogens with zero attached hydrogens (tertiary/aromatic N) is 2. The predicted octanol–water partition coefficient (Wildman–Crippen LogP) is 4.52. The van der Waals surface area contributed by atoms with E-state index >= 15 is 0 Å². The highest BCUT2D eigenvalue weighted by Crippen LogP contribution is 2.24. The maximum atomic E-state index is 13.8. The summed E-state index contributed by atoms with van der Waals surface area (Å²) >= 11 is 0. The zero-order chi connectivity index (χ0) is 27.0. The lowest BCUT2D eigenvalue weighted by Crippen LogP contribution is -2.52. The van der Waals surface area contributed by atoms with Crippen LogP contribution in [0.4, 0.5) is 5.69 Å². The van der Waals surface area contributed by atoms with E-state index < -0.39 is 28.5 Å². The van der Waals surface area contributed by atoms with Crippen LogP contribution in [0.2, 0.25) is 0 Å². The zero-order valence-electron chi connectivity index (χ0n) is 21.8. The van der Waals surface area contributed by atoms with Crippen LogP contribution in [-0.2, 0) is 26.2 Å². The van der Waals surface area contributed by atoms with Gasteiger partial charge in [-0.05, 0) is 57.0 Å². The van der Waals surface area contributed by atoms with Crippen LogP contribution in [0.3, 0.4) is 0 Å². The highest BCUT2D eigenvalue weighted by molar-refractivity contribution is 7.92. The van der Waals surface area contributed by atoms with E-state index in [9.17, 15) is 18.0 Å². The molecule has 0 saturated carbocycles. The molecule has 7 nitrogen and oxygen atoms in total. The predicted molar refractivity (Wildman–Crippen MR) is 147 cm³/mol. The molecule has 0 saturated heterocycles. The molecule has 3 aromatic carbocycles. The van der Waals surface area contributed by atoms with Crippen LogP contribution < -0.4 is 9.62 Å². The number of carbonyl (C=O) groups is 2. The Kier molecular flexibility index (Phi) is 9.47. The van der Waals surface area contributed by atoms with Crippen molar-refractivity contribution in [2.45, 2.75) is 57.6 Å². The summed E-state index contributed by atoms with van der Waals surface area (Å²) < 4.78 is 28.6. The number of rotatable bonds is 11. The second kappa shape index (κ2) is 12.5. The molecule has 0 aliphatic rings. The van der Waals surface area contributed by atoms with Gasteiger partial charge in [0, 0.05) is 12.6 Å². The number of benzene rings is 3. The van der Waals surface area contributed by atoms with Crippen LogP contribution in [0.5, 0.6) is 0 Å². The van der Waals surface area contributed by atoms with E-state index in [-0.39, 0.29) is 23.4 Å². The number of sulfonamides is 1. The summed E-state index contributed by atoms with van der Waals surface area (Å²) in [5.41, 5.74) is 2.14. The van der Waals surface area contributed by atoms with E-state index in [1.165, 1.54) is 17.0 Å². The number of anilines is 1. The summed E-state index contributed by atoms with van der Waals surface area (Å²) in [4.78, 5) is 28.4. The van der Waals surface area contributed by atoms with Gasteiger partial charge in [-0.25, -0.2) is 8.42 Å². The van der Waals surface area contributed by atoms with Gasteiger partial charge in [-0.15, -0.1) is 0 Å². The molecule has 2 atom stereocenters. The van der Waals surface area contributed by atoms with Crippen LogP contribution in [-0.4, -0.2) is 43.8 Å². The minimum absolute atomic E-state index is 0.0497. The molecule has 0 heterocycles. The Morgan fingerprint density at radius 3 is 2.00 bits per heavy atom. The fraction of sp³-hybridized carbons (Fsp3) is 0.310. The molecule has 0 radical (unpaired) electrons. The molecule has 3 rings (SSSR count). The monoisotopic (exact) mass is 521 g/mol. The van der Waals surface area contributed by atoms with Gasteiger partial charge in [-0.1, -0.05) is 73.2 Å². The van der Waals surface area contributed by atoms with Gasteiger partial charge in [0.15, 0.2) is 0 Å². The normalized spacial score (nSPS) is 12.9. The summed E-state index contributed by atoms with van der Waals surface area (Å²) in [5, 5.41) is 2.93. The Bertz CT molecular complexity index is 1280. The first-order chi connectivity index (χ1) is 17.6. The summed E-state index contributed by atoms with van der Waals surface area (Å²) in [6.45, 7) is 7.13. The van der Waals surface area contributed by atoms with E-state index in [4.69, 9.17) is 0 Å². The van der Waals surface area contributed by atoms with E-state index in [0.29, 0.717) is 5.69 Å². The van der Waals surface area contributed by atoms with Gasteiger partial charge in [0.25, 0.3) is 10.0 Å². The molecule has 0 spiro atoms. The first kappa shape index (κ1) is 27.9. The van der Waals surface area contributed by atoms with Crippen LogP contribution in [0.25, 0.3) is 0 Å². The Morgan fingerprint density at radius 2 is 1.43 bits per heavy atom. The third kappa shape index (κ3) is 7.20. The molecule has 2 amide bonds. The van der Waals surface area contributed by atoms with Gasteiger partial charge in [0.1, 0.15) is 12.6 Å². The molecule has 0 aromatic heterocycles. The summed E-state index contributed by atoms with van der Waals surface area (Å²) in [7, 11) is -4.06. The van der Waals surface area contributed by atoms with E-state index in [0.717, 1.165) is 21.9 Å². The molecule has 0 bridgehead atoms. The Labute approximate surface area is 220 Å². The molecule has 1 N–H and O–H groups in total. The van der Waals surface area contributed by atoms with Crippen molar-refractivity contribution in [2.75, 3.05) is 10.8 Å². The average Bonchev–Trinajstić information content (AvgIpc) is 2.91. The lowest BCUT2D eigenvalue weighted by Gasteiger charge is -2.32. The second-order valence-corrected chi connectivity index (χ2v) is 11.0. The second-order valence-electron chi connectivity index (χ2n) is 9.16. The summed E-state index contributed by atoms with van der Waals surface area (Å²) in [5.74, 6) is -0.763. The van der Waals surface area contributed by atoms with Crippen LogP contribution in [0.15, 0.2) is 89.8 Å². The van der Waals surface area contributed by atoms with Crippen molar-refractivity contribution in [1.82, 2.24) is 10.2 Å². The first-order valence-electron chi connectivity index (χ1n) is 12.4. The zero-order valence-corrected chi connectivity index (χ0v) is 22.6. The van der Waals surface area contributed by atoms with Crippen LogP contribution in [0.1, 0.15) is 38.3 Å². The summed E-state index contributed by atoms with van der Waals surface area (Å²) in [6.07, 6.45) is 0.752. The van der Waals surface area contributed by atoms with Gasteiger partial charge in [0.05, 0.1) is 10.6 Å². The Balaban J connectivity index is 1.98. The minimum Gasteiger partial charge on any atom is -0.352 e. The molecule has 0 unspecified atom stereocenters. The molecule has 0 aliphatic carbocycles. The van der Waals surface area contributed by atoms with Gasteiger partial charge < -0.3 is 10.2 Å². The average molecular weight is 522 g/mol. The third-order valence-corrected chi connectivity index (χ3v) is 8.08. The third-order valence-electron chi connectivity index (χ3n) is 6.30. The molecule has 3 aromatic rings. The van der Waals surface area contributed by atoms with E-state index in [2.05, 4.69) is 5.32 Å². The SMILES string of the molecule is CC[C@@H](C)NC(=O)[C@@H](C)N(Cc1ccccc1)C(=O)CN(c1ccccc1)S(=O)(=O)c1ccc(C)cc1. The van der Waals surface area contributed by atoms with Crippen molar-refractivity contribution in [3.63, 3.8) is 0 Å². The number of amides is 2. The highest BCUT2D eigenvalue weighted by atomic mass is 32.2. The minimum atomic E-state index is -4.06. The Morgan fingerprint density at radius 1 is 0.865 bits per heavy atom. The molecular formula is C29H35N3O4S. The summed E-state index contributed by atoms with van der Waals surface area (Å²) in [6, 6.07) is 23.5. The quantitative estimate of drug-likeness (QED) is 0.402. The number of hydrogen-bond acceptors (Lipinski definition) is 4. The van der Waals surface area contributed by atoms with Crippen molar-refractivity contribution in [3.8, 4) is 0 Å². The van der Waals surface area contributed by atoms with Gasteiger partial charge in [-0.3, -0.25) is 13.9 Å². The smallest absolute Gasteiger partial charge is 0.264 e. The van der Waals surface area contributed by atoms with Crippen molar-refractivity contribution in [3.05, 3.63) is 96.1 Å². The lowest BCUT2D eigenvalue weighted by atomic mass is 10.1. The molecule has 8 heteroatoms.